The predicted octanol–water partition coefficient (Wildman–Crippen LogP) is 2.84. The van der Waals surface area contributed by atoms with E-state index in [9.17, 15) is 4.79 Å². The number of carbonyl (C=O) groups is 1. The third-order valence-corrected chi connectivity index (χ3v) is 3.37. The minimum absolute atomic E-state index is 0.0458. The normalized spacial score (nSPS) is 11.3. The van der Waals surface area contributed by atoms with Crippen LogP contribution in [-0.2, 0) is 4.79 Å². The van der Waals surface area contributed by atoms with Gasteiger partial charge in [0.1, 0.15) is 0 Å². The second-order valence-electron chi connectivity index (χ2n) is 5.17. The maximum absolute atomic E-state index is 12.3. The number of benzene rings is 1. The highest BCUT2D eigenvalue weighted by Gasteiger charge is 2.26. The first kappa shape index (κ1) is 16.0. The molecule has 0 radical (unpaired) electrons. The summed E-state index contributed by atoms with van der Waals surface area (Å²) in [5, 5.41) is 6.15. The summed E-state index contributed by atoms with van der Waals surface area (Å²) in [5.74, 6) is -0.0458. The number of hydrogen-bond donors (Lipinski definition) is 2. The fourth-order valence-electron chi connectivity index (χ4n) is 1.80. The van der Waals surface area contributed by atoms with Crippen LogP contribution in [0.15, 0.2) is 22.7 Å². The molecule has 0 aliphatic heterocycles. The van der Waals surface area contributed by atoms with E-state index in [-0.39, 0.29) is 5.91 Å². The van der Waals surface area contributed by atoms with Crippen molar-refractivity contribution in [2.24, 2.45) is 0 Å². The minimum atomic E-state index is -0.597. The Morgan fingerprint density at radius 3 is 2.53 bits per heavy atom. The Labute approximate surface area is 123 Å². The summed E-state index contributed by atoms with van der Waals surface area (Å²) in [7, 11) is 3.91. The van der Waals surface area contributed by atoms with E-state index in [1.165, 1.54) is 0 Å². The summed E-state index contributed by atoms with van der Waals surface area (Å²) in [4.78, 5) is 14.3. The lowest BCUT2D eigenvalue weighted by Gasteiger charge is -2.26. The third kappa shape index (κ3) is 4.21. The summed E-state index contributed by atoms with van der Waals surface area (Å²) in [6.07, 6.45) is 0. The van der Waals surface area contributed by atoms with Crippen LogP contribution in [0, 0.1) is 0 Å². The lowest BCUT2D eigenvalue weighted by molar-refractivity contribution is -0.121. The van der Waals surface area contributed by atoms with Crippen LogP contribution in [0.25, 0.3) is 0 Å². The van der Waals surface area contributed by atoms with E-state index in [4.69, 9.17) is 0 Å². The molecule has 0 atom stereocenters. The summed E-state index contributed by atoms with van der Waals surface area (Å²) in [5.41, 5.74) is 1.18. The molecule has 106 valence electrons. The van der Waals surface area contributed by atoms with Gasteiger partial charge in [0.2, 0.25) is 5.91 Å². The van der Waals surface area contributed by atoms with Crippen LogP contribution in [0.5, 0.6) is 0 Å². The topological polar surface area (TPSA) is 44.4 Å². The zero-order chi connectivity index (χ0) is 14.6. The third-order valence-electron chi connectivity index (χ3n) is 2.87. The highest BCUT2D eigenvalue weighted by molar-refractivity contribution is 9.10. The van der Waals surface area contributed by atoms with Gasteiger partial charge in [-0.1, -0.05) is 22.9 Å². The molecule has 0 spiro atoms. The second-order valence-corrected chi connectivity index (χ2v) is 6.08. The molecule has 0 saturated heterocycles. The van der Waals surface area contributed by atoms with Gasteiger partial charge in [0.25, 0.3) is 0 Å². The van der Waals surface area contributed by atoms with Gasteiger partial charge in [-0.15, -0.1) is 0 Å². The van der Waals surface area contributed by atoms with Crippen LogP contribution in [0.3, 0.4) is 0 Å². The smallest absolute Gasteiger partial charge is 0.244 e. The van der Waals surface area contributed by atoms with E-state index in [0.717, 1.165) is 22.4 Å². The second kappa shape index (κ2) is 6.39. The van der Waals surface area contributed by atoms with Crippen LogP contribution < -0.4 is 15.5 Å². The fourth-order valence-corrected chi connectivity index (χ4v) is 2.16. The van der Waals surface area contributed by atoms with Crippen LogP contribution in [0.2, 0.25) is 0 Å². The molecule has 0 fully saturated rings. The molecule has 0 saturated carbocycles. The number of halogens is 1. The molecule has 0 heterocycles. The van der Waals surface area contributed by atoms with Crippen molar-refractivity contribution in [1.29, 1.82) is 0 Å². The monoisotopic (exact) mass is 327 g/mol. The molecule has 1 aromatic rings. The molecule has 0 aromatic heterocycles. The Morgan fingerprint density at radius 1 is 1.37 bits per heavy atom. The zero-order valence-corrected chi connectivity index (χ0v) is 13.8. The molecule has 1 rings (SSSR count). The number of anilines is 2. The Kier molecular flexibility index (Phi) is 5.38. The van der Waals surface area contributed by atoms with Crippen LogP contribution in [-0.4, -0.2) is 32.1 Å². The highest BCUT2D eigenvalue weighted by atomic mass is 79.9. The minimum Gasteiger partial charge on any atom is -0.376 e. The summed E-state index contributed by atoms with van der Waals surface area (Å²) < 4.78 is 0.939. The Morgan fingerprint density at radius 2 is 2.00 bits per heavy atom. The molecule has 0 bridgehead atoms. The highest BCUT2D eigenvalue weighted by Crippen LogP contribution is 2.28. The van der Waals surface area contributed by atoms with Crippen molar-refractivity contribution in [3.05, 3.63) is 22.7 Å². The van der Waals surface area contributed by atoms with Crippen LogP contribution in [0.4, 0.5) is 11.4 Å². The standard InChI is InChI=1S/C14H22BrN3O/c1-6-16-14(2,3)13(19)17-11-9-10(15)7-8-12(11)18(4)5/h7-9,16H,6H2,1-5H3,(H,17,19). The fraction of sp³-hybridized carbons (Fsp3) is 0.500. The predicted molar refractivity (Wildman–Crippen MR) is 84.9 cm³/mol. The lowest BCUT2D eigenvalue weighted by Crippen LogP contribution is -2.49. The Bertz CT molecular complexity index is 458. The first-order valence-corrected chi connectivity index (χ1v) is 7.10. The van der Waals surface area contributed by atoms with Crippen molar-refractivity contribution < 1.29 is 4.79 Å². The van der Waals surface area contributed by atoms with Crippen molar-refractivity contribution in [1.82, 2.24) is 5.32 Å². The van der Waals surface area contributed by atoms with Gasteiger partial charge in [0.15, 0.2) is 0 Å². The van der Waals surface area contributed by atoms with Crippen LogP contribution in [0.1, 0.15) is 20.8 Å². The number of amides is 1. The number of likely N-dealkylation sites (N-methyl/N-ethyl adjacent to an activating group) is 1. The van der Waals surface area contributed by atoms with Gasteiger partial charge in [-0.3, -0.25) is 4.79 Å². The average Bonchev–Trinajstić information content (AvgIpc) is 2.28. The van der Waals surface area contributed by atoms with E-state index in [1.54, 1.807) is 0 Å². The number of hydrogen-bond acceptors (Lipinski definition) is 3. The Hall–Kier alpha value is -1.07. The van der Waals surface area contributed by atoms with Crippen molar-refractivity contribution in [3.8, 4) is 0 Å². The van der Waals surface area contributed by atoms with Gasteiger partial charge in [0, 0.05) is 18.6 Å². The lowest BCUT2D eigenvalue weighted by atomic mass is 10.0. The van der Waals surface area contributed by atoms with E-state index < -0.39 is 5.54 Å². The molecular formula is C14H22BrN3O. The maximum Gasteiger partial charge on any atom is 0.244 e. The van der Waals surface area contributed by atoms with Gasteiger partial charge in [-0.2, -0.15) is 0 Å². The van der Waals surface area contributed by atoms with Crippen molar-refractivity contribution >= 4 is 33.2 Å². The largest absolute Gasteiger partial charge is 0.376 e. The summed E-state index contributed by atoms with van der Waals surface area (Å²) in [6, 6.07) is 5.84. The van der Waals surface area contributed by atoms with Crippen molar-refractivity contribution in [3.63, 3.8) is 0 Å². The van der Waals surface area contributed by atoms with Gasteiger partial charge in [-0.25, -0.2) is 0 Å². The van der Waals surface area contributed by atoms with Crippen molar-refractivity contribution in [2.45, 2.75) is 26.3 Å². The van der Waals surface area contributed by atoms with E-state index in [1.807, 2.05) is 58.0 Å². The Balaban J connectivity index is 2.99. The molecule has 0 unspecified atom stereocenters. The molecule has 1 aromatic carbocycles. The molecule has 2 N–H and O–H groups in total. The maximum atomic E-state index is 12.3. The van der Waals surface area contributed by atoms with E-state index in [2.05, 4.69) is 26.6 Å². The summed E-state index contributed by atoms with van der Waals surface area (Å²) in [6.45, 7) is 6.48. The first-order valence-electron chi connectivity index (χ1n) is 6.31. The SMILES string of the molecule is CCNC(C)(C)C(=O)Nc1cc(Br)ccc1N(C)C. The van der Waals surface area contributed by atoms with Gasteiger partial charge >= 0.3 is 0 Å². The molecule has 0 aliphatic carbocycles. The molecule has 5 heteroatoms. The molecule has 19 heavy (non-hydrogen) atoms. The zero-order valence-electron chi connectivity index (χ0n) is 12.2. The molecule has 4 nitrogen and oxygen atoms in total. The molecular weight excluding hydrogens is 306 g/mol. The van der Waals surface area contributed by atoms with Crippen LogP contribution >= 0.6 is 15.9 Å². The van der Waals surface area contributed by atoms with Gasteiger partial charge in [-0.05, 0) is 38.6 Å². The average molecular weight is 328 g/mol. The quantitative estimate of drug-likeness (QED) is 0.874. The number of carbonyl (C=O) groups excluding carboxylic acids is 1. The van der Waals surface area contributed by atoms with Gasteiger partial charge in [0.05, 0.1) is 16.9 Å². The number of rotatable bonds is 5. The molecule has 1 amide bonds. The summed E-state index contributed by atoms with van der Waals surface area (Å²) >= 11 is 3.43. The number of nitrogens with one attached hydrogen (secondary N) is 2. The van der Waals surface area contributed by atoms with E-state index >= 15 is 0 Å². The first-order chi connectivity index (χ1) is 8.77. The molecule has 0 aliphatic rings. The van der Waals surface area contributed by atoms with E-state index in [0.29, 0.717) is 0 Å². The van der Waals surface area contributed by atoms with Gasteiger partial charge < -0.3 is 15.5 Å². The number of nitrogens with zero attached hydrogens (tertiary/aromatic N) is 1. The van der Waals surface area contributed by atoms with Crippen molar-refractivity contribution in [2.75, 3.05) is 30.9 Å².